The molecule has 0 spiro atoms. The van der Waals surface area contributed by atoms with Gasteiger partial charge in [0.2, 0.25) is 0 Å². The summed E-state index contributed by atoms with van der Waals surface area (Å²) in [5.41, 5.74) is 5.86. The van der Waals surface area contributed by atoms with Crippen molar-refractivity contribution < 1.29 is 4.79 Å². The third-order valence-corrected chi connectivity index (χ3v) is 5.23. The molecule has 2 amide bonds. The molecule has 3 nitrogen and oxygen atoms in total. The summed E-state index contributed by atoms with van der Waals surface area (Å²) in [6.45, 7) is 2.84. The number of carbonyl (C=O) groups is 1. The number of fused-ring (bicyclic) bond motifs is 3. The van der Waals surface area contributed by atoms with E-state index in [0.29, 0.717) is 6.54 Å². The normalized spacial score (nSPS) is 11.8. The second kappa shape index (κ2) is 7.62. The predicted octanol–water partition coefficient (Wildman–Crippen LogP) is 5.57. The molecule has 0 bridgehead atoms. The van der Waals surface area contributed by atoms with E-state index in [0.717, 1.165) is 35.8 Å². The van der Waals surface area contributed by atoms with Crippen molar-refractivity contribution in [3.63, 3.8) is 0 Å². The highest BCUT2D eigenvalue weighted by molar-refractivity contribution is 9.10. The minimum absolute atomic E-state index is 0.173. The molecule has 0 aliphatic heterocycles. The van der Waals surface area contributed by atoms with Gasteiger partial charge in [-0.1, -0.05) is 60.6 Å². The Morgan fingerprint density at radius 1 is 1.17 bits per heavy atom. The topological polar surface area (TPSA) is 32.3 Å². The first-order valence-corrected chi connectivity index (χ1v) is 9.48. The van der Waals surface area contributed by atoms with Gasteiger partial charge in [-0.2, -0.15) is 0 Å². The quantitative estimate of drug-likeness (QED) is 0.422. The Labute approximate surface area is 157 Å². The third-order valence-electron chi connectivity index (χ3n) is 4.32. The Morgan fingerprint density at radius 3 is 2.62 bits per heavy atom. The van der Waals surface area contributed by atoms with Crippen LogP contribution in [0.4, 0.5) is 10.5 Å². The zero-order chi connectivity index (χ0) is 17.1. The number of anilines is 1. The Morgan fingerprint density at radius 2 is 1.88 bits per heavy atom. The molecule has 3 rings (SSSR count). The molecule has 1 aliphatic rings. The van der Waals surface area contributed by atoms with Gasteiger partial charge in [-0.05, 0) is 59.4 Å². The Bertz CT molecular complexity index is 763. The number of rotatable bonds is 5. The lowest BCUT2D eigenvalue weighted by atomic mass is 10.1. The number of benzene rings is 2. The smallest absolute Gasteiger partial charge is 0.331 e. The largest absolute Gasteiger partial charge is 0.337 e. The summed E-state index contributed by atoms with van der Waals surface area (Å²) >= 11 is 7.90. The Hall–Kier alpha value is -1.46. The van der Waals surface area contributed by atoms with Gasteiger partial charge in [-0.25, -0.2) is 9.10 Å². The van der Waals surface area contributed by atoms with Gasteiger partial charge in [0.1, 0.15) is 0 Å². The number of thiol groups is 1. The SMILES string of the molecule is CCCCCNC(=O)N(S)c1ccc2c(c1)Cc1cc(Br)ccc1-2. The highest BCUT2D eigenvalue weighted by atomic mass is 79.9. The van der Waals surface area contributed by atoms with Crippen LogP contribution in [0.2, 0.25) is 0 Å². The Kier molecular flexibility index (Phi) is 5.51. The number of hydrogen-bond acceptors (Lipinski definition) is 2. The fourth-order valence-electron chi connectivity index (χ4n) is 3.06. The van der Waals surface area contributed by atoms with Gasteiger partial charge in [-0.15, -0.1) is 0 Å². The van der Waals surface area contributed by atoms with Crippen molar-refractivity contribution in [2.75, 3.05) is 10.8 Å². The van der Waals surface area contributed by atoms with Crippen molar-refractivity contribution in [2.45, 2.75) is 32.6 Å². The first-order chi connectivity index (χ1) is 11.6. The minimum atomic E-state index is -0.173. The van der Waals surface area contributed by atoms with Crippen LogP contribution in [0.25, 0.3) is 11.1 Å². The molecule has 0 atom stereocenters. The molecule has 0 aromatic heterocycles. The monoisotopic (exact) mass is 404 g/mol. The fraction of sp³-hybridized carbons (Fsp3) is 0.316. The first kappa shape index (κ1) is 17.4. The average molecular weight is 405 g/mol. The molecular weight excluding hydrogens is 384 g/mol. The van der Waals surface area contributed by atoms with Crippen LogP contribution in [-0.4, -0.2) is 12.6 Å². The van der Waals surface area contributed by atoms with E-state index in [9.17, 15) is 4.79 Å². The van der Waals surface area contributed by atoms with Crippen molar-refractivity contribution in [3.8, 4) is 11.1 Å². The molecule has 0 saturated heterocycles. The number of carbonyl (C=O) groups excluding carboxylic acids is 1. The summed E-state index contributed by atoms with van der Waals surface area (Å²) in [6, 6.07) is 12.3. The molecule has 5 heteroatoms. The van der Waals surface area contributed by atoms with E-state index in [1.807, 2.05) is 6.07 Å². The van der Waals surface area contributed by atoms with Crippen LogP contribution in [0, 0.1) is 0 Å². The van der Waals surface area contributed by atoms with Gasteiger partial charge in [0.15, 0.2) is 0 Å². The number of amides is 2. The van der Waals surface area contributed by atoms with Crippen LogP contribution in [-0.2, 0) is 6.42 Å². The summed E-state index contributed by atoms with van der Waals surface area (Å²) in [5, 5.41) is 2.91. The van der Waals surface area contributed by atoms with Crippen LogP contribution >= 0.6 is 28.7 Å². The van der Waals surface area contributed by atoms with E-state index in [4.69, 9.17) is 0 Å². The van der Waals surface area contributed by atoms with Gasteiger partial charge < -0.3 is 5.32 Å². The molecule has 2 aromatic carbocycles. The molecule has 0 fully saturated rings. The van der Waals surface area contributed by atoms with E-state index in [1.165, 1.54) is 26.6 Å². The molecule has 0 unspecified atom stereocenters. The lowest BCUT2D eigenvalue weighted by molar-refractivity contribution is 0.249. The lowest BCUT2D eigenvalue weighted by Crippen LogP contribution is -2.34. The van der Waals surface area contributed by atoms with Gasteiger partial charge in [0.25, 0.3) is 0 Å². The van der Waals surface area contributed by atoms with Gasteiger partial charge in [0, 0.05) is 11.0 Å². The molecular formula is C19H21BrN2OS. The molecule has 24 heavy (non-hydrogen) atoms. The highest BCUT2D eigenvalue weighted by Gasteiger charge is 2.20. The van der Waals surface area contributed by atoms with Crippen molar-refractivity contribution in [3.05, 3.63) is 52.0 Å². The summed E-state index contributed by atoms with van der Waals surface area (Å²) in [5.74, 6) is 0. The minimum Gasteiger partial charge on any atom is -0.337 e. The molecule has 1 aliphatic carbocycles. The third kappa shape index (κ3) is 3.62. The van der Waals surface area contributed by atoms with Crippen molar-refractivity contribution in [1.82, 2.24) is 5.32 Å². The summed E-state index contributed by atoms with van der Waals surface area (Å²) < 4.78 is 2.49. The number of nitrogens with one attached hydrogen (secondary N) is 1. The first-order valence-electron chi connectivity index (χ1n) is 8.28. The summed E-state index contributed by atoms with van der Waals surface area (Å²) in [6.07, 6.45) is 4.15. The maximum absolute atomic E-state index is 12.2. The number of hydrogen-bond donors (Lipinski definition) is 2. The Balaban J connectivity index is 1.72. The van der Waals surface area contributed by atoms with Crippen LogP contribution in [0.3, 0.4) is 0 Å². The average Bonchev–Trinajstić information content (AvgIpc) is 2.94. The molecule has 126 valence electrons. The van der Waals surface area contributed by atoms with E-state index in [-0.39, 0.29) is 6.03 Å². The van der Waals surface area contributed by atoms with Crippen molar-refractivity contribution >= 4 is 40.5 Å². The second-order valence-corrected chi connectivity index (χ2v) is 7.39. The fourth-order valence-corrected chi connectivity index (χ4v) is 3.66. The molecule has 0 saturated carbocycles. The van der Waals surface area contributed by atoms with E-state index in [1.54, 1.807) is 0 Å². The number of urea groups is 1. The van der Waals surface area contributed by atoms with Gasteiger partial charge >= 0.3 is 6.03 Å². The summed E-state index contributed by atoms with van der Waals surface area (Å²) in [4.78, 5) is 12.2. The molecule has 0 radical (unpaired) electrons. The van der Waals surface area contributed by atoms with Crippen LogP contribution in [0.5, 0.6) is 0 Å². The van der Waals surface area contributed by atoms with Crippen LogP contribution < -0.4 is 9.62 Å². The standard InChI is InChI=1S/C19H21BrN2OS/c1-2-3-4-9-21-19(23)22(24)16-6-8-18-14(12-16)10-13-11-15(20)5-7-17(13)18/h5-8,11-12,24H,2-4,9-10H2,1H3,(H,21,23). The lowest BCUT2D eigenvalue weighted by Gasteiger charge is -2.17. The molecule has 0 heterocycles. The second-order valence-electron chi connectivity index (χ2n) is 6.07. The van der Waals surface area contributed by atoms with Gasteiger partial charge in [0.05, 0.1) is 5.69 Å². The summed E-state index contributed by atoms with van der Waals surface area (Å²) in [7, 11) is 0. The maximum Gasteiger partial charge on any atom is 0.331 e. The highest BCUT2D eigenvalue weighted by Crippen LogP contribution is 2.39. The van der Waals surface area contributed by atoms with Crippen LogP contribution in [0.1, 0.15) is 37.3 Å². The zero-order valence-electron chi connectivity index (χ0n) is 13.7. The van der Waals surface area contributed by atoms with Crippen molar-refractivity contribution in [1.29, 1.82) is 0 Å². The van der Waals surface area contributed by atoms with E-state index >= 15 is 0 Å². The van der Waals surface area contributed by atoms with E-state index in [2.05, 4.69) is 71.3 Å². The molecule has 2 aromatic rings. The van der Waals surface area contributed by atoms with Crippen molar-refractivity contribution in [2.24, 2.45) is 0 Å². The van der Waals surface area contributed by atoms with E-state index < -0.39 is 0 Å². The maximum atomic E-state index is 12.2. The van der Waals surface area contributed by atoms with Gasteiger partial charge in [-0.3, -0.25) is 0 Å². The van der Waals surface area contributed by atoms with Crippen LogP contribution in [0.15, 0.2) is 40.9 Å². The number of nitrogens with zero attached hydrogens (tertiary/aromatic N) is 1. The number of halogens is 1. The molecule has 1 N–H and O–H groups in total. The zero-order valence-corrected chi connectivity index (χ0v) is 16.2. The number of unbranched alkanes of at least 4 members (excludes halogenated alkanes) is 2. The predicted molar refractivity (Wildman–Crippen MR) is 107 cm³/mol.